The molecule has 1 unspecified atom stereocenters. The molecule has 0 spiro atoms. The number of β-amino-alcohol motifs (C(OH)–C–C–N with tert-alkyl or cyclic N) is 1. The van der Waals surface area contributed by atoms with Crippen LogP contribution in [0.4, 0.5) is 0 Å². The van der Waals surface area contributed by atoms with E-state index in [1.807, 2.05) is 41.5 Å². The first kappa shape index (κ1) is 50.3. The molecule has 16 heteroatoms. The normalized spacial score (nSPS) is 17.4. The number of rotatable bonds is 26. The summed E-state index contributed by atoms with van der Waals surface area (Å²) in [7, 11) is -2.74. The lowest BCUT2D eigenvalue weighted by Gasteiger charge is -2.29. The van der Waals surface area contributed by atoms with Crippen molar-refractivity contribution in [3.63, 3.8) is 0 Å². The van der Waals surface area contributed by atoms with Crippen LogP contribution >= 0.6 is 0 Å². The fourth-order valence-corrected chi connectivity index (χ4v) is 9.13. The molecule has 1 saturated heterocycles. The Kier molecular flexibility index (Phi) is 30.1. The second-order valence-corrected chi connectivity index (χ2v) is 16.1. The highest BCUT2D eigenvalue weighted by atomic mass is 28.4. The van der Waals surface area contributed by atoms with Gasteiger partial charge in [-0.15, -0.1) is 0 Å². The van der Waals surface area contributed by atoms with E-state index in [4.69, 9.17) is 32.2 Å². The Morgan fingerprint density at radius 2 is 0.926 bits per heavy atom. The van der Waals surface area contributed by atoms with Gasteiger partial charge in [0.25, 0.3) is 0 Å². The fourth-order valence-electron chi connectivity index (χ4n) is 6.55. The van der Waals surface area contributed by atoms with E-state index in [9.17, 15) is 19.5 Å². The average molecular weight is 793 g/mol. The summed E-state index contributed by atoms with van der Waals surface area (Å²) >= 11 is 0. The molecule has 0 radical (unpaired) electrons. The van der Waals surface area contributed by atoms with Crippen LogP contribution in [-0.2, 0) is 46.6 Å². The summed E-state index contributed by atoms with van der Waals surface area (Å²) in [5.41, 5.74) is 0. The van der Waals surface area contributed by atoms with Crippen LogP contribution < -0.4 is 0 Å². The number of ether oxygens (including phenoxy) is 4. The molecule has 54 heavy (non-hydrogen) atoms. The fraction of sp³-hybridized carbons (Fsp3) is 0.921. The van der Waals surface area contributed by atoms with Crippen LogP contribution in [0.5, 0.6) is 0 Å². The maximum Gasteiger partial charge on any atom is 0.501 e. The molecule has 0 aromatic rings. The zero-order chi connectivity index (χ0) is 39.9. The van der Waals surface area contributed by atoms with E-state index in [0.717, 1.165) is 71.6 Å². The van der Waals surface area contributed by atoms with Crippen LogP contribution in [0.2, 0.25) is 6.04 Å². The lowest BCUT2D eigenvalue weighted by molar-refractivity contribution is -0.144. The Labute approximate surface area is 327 Å². The predicted molar refractivity (Wildman–Crippen MR) is 210 cm³/mol. The maximum absolute atomic E-state index is 12.3. The SMILES string of the molecule is CCOC(=O)CCN1CCCN(CCC(=O)OCC)CCN(CCC(=O)OCC)CCCN(CC(O)COCCC[Si](OCC)(OCC)OCC)CCC1. The zero-order valence-corrected chi connectivity index (χ0v) is 35.7. The van der Waals surface area contributed by atoms with E-state index in [1.54, 1.807) is 0 Å². The van der Waals surface area contributed by atoms with Crippen LogP contribution in [0.3, 0.4) is 0 Å². The molecule has 0 aliphatic carbocycles. The Balaban J connectivity index is 2.98. The number of hydrogen-bond donors (Lipinski definition) is 1. The molecule has 1 fully saturated rings. The van der Waals surface area contributed by atoms with Crippen molar-refractivity contribution in [1.29, 1.82) is 0 Å². The van der Waals surface area contributed by atoms with Gasteiger partial charge in [0.2, 0.25) is 0 Å². The van der Waals surface area contributed by atoms with Gasteiger partial charge in [-0.25, -0.2) is 0 Å². The summed E-state index contributed by atoms with van der Waals surface area (Å²) in [6.07, 6.45) is 3.62. The topological polar surface area (TPSA) is 149 Å². The van der Waals surface area contributed by atoms with E-state index >= 15 is 0 Å². The molecular weight excluding hydrogens is 717 g/mol. The smallest absolute Gasteiger partial charge is 0.466 e. The first-order valence-corrected chi connectivity index (χ1v) is 22.6. The molecule has 0 bridgehead atoms. The number of carbonyl (C=O) groups is 3. The highest BCUT2D eigenvalue weighted by molar-refractivity contribution is 6.60. The molecule has 1 aliphatic heterocycles. The molecule has 0 aromatic heterocycles. The third-order valence-electron chi connectivity index (χ3n) is 9.03. The van der Waals surface area contributed by atoms with Crippen molar-refractivity contribution in [3.8, 4) is 0 Å². The van der Waals surface area contributed by atoms with E-state index in [2.05, 4.69) is 19.6 Å². The third kappa shape index (κ3) is 24.7. The summed E-state index contributed by atoms with van der Waals surface area (Å²) in [6, 6.07) is 0.660. The molecular formula is C38H76N4O11Si. The van der Waals surface area contributed by atoms with Gasteiger partial charge in [0, 0.05) is 71.7 Å². The minimum atomic E-state index is -2.74. The minimum absolute atomic E-state index is 0.196. The van der Waals surface area contributed by atoms with Gasteiger partial charge in [0.05, 0.1) is 51.8 Å². The lowest BCUT2D eigenvalue weighted by atomic mass is 10.2. The largest absolute Gasteiger partial charge is 0.501 e. The number of nitrogens with zero attached hydrogens (tertiary/aromatic N) is 4. The van der Waals surface area contributed by atoms with Crippen molar-refractivity contribution in [1.82, 2.24) is 19.6 Å². The van der Waals surface area contributed by atoms with Gasteiger partial charge < -0.3 is 56.9 Å². The first-order valence-electron chi connectivity index (χ1n) is 20.7. The summed E-state index contributed by atoms with van der Waals surface area (Å²) < 4.78 is 39.4. The van der Waals surface area contributed by atoms with Gasteiger partial charge in [-0.3, -0.25) is 14.4 Å². The van der Waals surface area contributed by atoms with Crippen molar-refractivity contribution in [3.05, 3.63) is 0 Å². The van der Waals surface area contributed by atoms with Gasteiger partial charge in [-0.05, 0) is 106 Å². The van der Waals surface area contributed by atoms with Gasteiger partial charge in [0.1, 0.15) is 0 Å². The van der Waals surface area contributed by atoms with Crippen molar-refractivity contribution in [2.75, 3.05) is 131 Å². The number of carbonyl (C=O) groups excluding carboxylic acids is 3. The maximum atomic E-state index is 12.3. The molecule has 318 valence electrons. The van der Waals surface area contributed by atoms with Crippen LogP contribution in [-0.4, -0.2) is 189 Å². The van der Waals surface area contributed by atoms with Crippen molar-refractivity contribution in [2.24, 2.45) is 0 Å². The van der Waals surface area contributed by atoms with Crippen molar-refractivity contribution >= 4 is 26.7 Å². The Morgan fingerprint density at radius 3 is 1.30 bits per heavy atom. The second kappa shape index (κ2) is 32.4. The van der Waals surface area contributed by atoms with Crippen molar-refractivity contribution < 1.29 is 51.7 Å². The van der Waals surface area contributed by atoms with Crippen LogP contribution in [0.15, 0.2) is 0 Å². The van der Waals surface area contributed by atoms with E-state index < -0.39 is 14.9 Å². The molecule has 1 N–H and O–H groups in total. The van der Waals surface area contributed by atoms with Gasteiger partial charge >= 0.3 is 26.7 Å². The van der Waals surface area contributed by atoms with E-state index in [0.29, 0.717) is 104 Å². The average Bonchev–Trinajstić information content (AvgIpc) is 3.13. The molecule has 1 aliphatic rings. The molecule has 0 amide bonds. The third-order valence-corrected chi connectivity index (χ3v) is 12.2. The summed E-state index contributed by atoms with van der Waals surface area (Å²) in [6.45, 7) is 23.1. The van der Waals surface area contributed by atoms with E-state index in [-0.39, 0.29) is 24.5 Å². The predicted octanol–water partition coefficient (Wildman–Crippen LogP) is 3.05. The number of esters is 3. The summed E-state index contributed by atoms with van der Waals surface area (Å²) in [5, 5.41) is 11.1. The Bertz CT molecular complexity index is 953. The van der Waals surface area contributed by atoms with Crippen LogP contribution in [0, 0.1) is 0 Å². The first-order chi connectivity index (χ1) is 26.1. The molecule has 1 atom stereocenters. The lowest BCUT2D eigenvalue weighted by Crippen LogP contribution is -2.46. The van der Waals surface area contributed by atoms with Gasteiger partial charge in [-0.2, -0.15) is 0 Å². The second-order valence-electron chi connectivity index (χ2n) is 13.4. The summed E-state index contributed by atoms with van der Waals surface area (Å²) in [4.78, 5) is 46.0. The monoisotopic (exact) mass is 793 g/mol. The molecule has 0 saturated carbocycles. The van der Waals surface area contributed by atoms with E-state index in [1.165, 1.54) is 0 Å². The van der Waals surface area contributed by atoms with Crippen LogP contribution in [0.25, 0.3) is 0 Å². The molecule has 1 heterocycles. The highest BCUT2D eigenvalue weighted by Gasteiger charge is 2.39. The minimum Gasteiger partial charge on any atom is -0.466 e. The summed E-state index contributed by atoms with van der Waals surface area (Å²) in [5.74, 6) is -0.606. The number of aliphatic hydroxyl groups is 1. The standard InChI is InChI=1S/C38H76N4O11Si/c1-7-48-36(44)17-26-39-20-13-22-40(27-18-37(45)49-8-2)29-30-41(28-19-38(46)50-9-3)23-15-25-42(24-14-21-39)33-35(43)34-47-31-16-32-54(51-10-4,52-11-5)53-12-6/h35,43H,7-34H2,1-6H3. The Hall–Kier alpha value is -1.73. The number of hydrogen-bond acceptors (Lipinski definition) is 15. The zero-order valence-electron chi connectivity index (χ0n) is 34.7. The van der Waals surface area contributed by atoms with Crippen molar-refractivity contribution in [2.45, 2.75) is 98.6 Å². The molecule has 1 rings (SSSR count). The van der Waals surface area contributed by atoms with Gasteiger partial charge in [0.15, 0.2) is 0 Å². The highest BCUT2D eigenvalue weighted by Crippen LogP contribution is 2.18. The molecule has 15 nitrogen and oxygen atoms in total. The Morgan fingerprint density at radius 1 is 0.556 bits per heavy atom. The van der Waals surface area contributed by atoms with Crippen LogP contribution in [0.1, 0.15) is 86.5 Å². The number of aliphatic hydroxyl groups excluding tert-OH is 1. The quantitative estimate of drug-likeness (QED) is 0.0592. The molecule has 0 aromatic carbocycles. The van der Waals surface area contributed by atoms with Gasteiger partial charge in [-0.1, -0.05) is 0 Å².